The number of aryl methyl sites for hydroxylation is 1. The Labute approximate surface area is 176 Å². The molecule has 1 aliphatic carbocycles. The van der Waals surface area contributed by atoms with Gasteiger partial charge >= 0.3 is 6.09 Å². The molecule has 3 aromatic rings. The Balaban J connectivity index is 1.30. The number of anilines is 1. The van der Waals surface area contributed by atoms with E-state index in [0.717, 1.165) is 5.56 Å². The van der Waals surface area contributed by atoms with Crippen LogP contribution in [0.25, 0.3) is 11.1 Å². The second-order valence-electron chi connectivity index (χ2n) is 7.21. The molecular formula is C25H23N3O2. The van der Waals surface area contributed by atoms with Gasteiger partial charge in [0.2, 0.25) is 0 Å². The van der Waals surface area contributed by atoms with Gasteiger partial charge in [0.05, 0.1) is 0 Å². The van der Waals surface area contributed by atoms with Crippen LogP contribution in [-0.2, 0) is 4.74 Å². The summed E-state index contributed by atoms with van der Waals surface area (Å²) in [4.78, 5) is 16.4. The van der Waals surface area contributed by atoms with Crippen LogP contribution >= 0.6 is 0 Å². The van der Waals surface area contributed by atoms with Crippen molar-refractivity contribution in [3.63, 3.8) is 0 Å². The van der Waals surface area contributed by atoms with Gasteiger partial charge in [-0.2, -0.15) is 0 Å². The number of nitrogens with two attached hydrogens (primary N) is 1. The molecule has 0 fully saturated rings. The molecule has 0 unspecified atom stereocenters. The van der Waals surface area contributed by atoms with Gasteiger partial charge in [0, 0.05) is 18.9 Å². The van der Waals surface area contributed by atoms with Crippen LogP contribution < -0.4 is 11.1 Å². The number of nitrogens with one attached hydrogen (secondary N) is 1. The Hall–Kier alpha value is -3.78. The molecule has 1 aromatic heterocycles. The van der Waals surface area contributed by atoms with E-state index in [0.29, 0.717) is 31.1 Å². The van der Waals surface area contributed by atoms with Crippen LogP contribution in [0.4, 0.5) is 10.6 Å². The summed E-state index contributed by atoms with van der Waals surface area (Å²) in [5.74, 6) is 6.51. The lowest BCUT2D eigenvalue weighted by molar-refractivity contribution is 0.143. The first kappa shape index (κ1) is 19.5. The van der Waals surface area contributed by atoms with Crippen LogP contribution in [0.2, 0.25) is 0 Å². The number of nitrogen functional groups attached to an aromatic ring is 1. The summed E-state index contributed by atoms with van der Waals surface area (Å²) in [7, 11) is 0. The van der Waals surface area contributed by atoms with Crippen LogP contribution in [0.1, 0.15) is 34.7 Å². The number of benzene rings is 2. The topological polar surface area (TPSA) is 77.2 Å². The predicted octanol–water partition coefficient (Wildman–Crippen LogP) is 4.25. The average molecular weight is 397 g/mol. The van der Waals surface area contributed by atoms with Crippen molar-refractivity contribution in [3.05, 3.63) is 83.0 Å². The highest BCUT2D eigenvalue weighted by atomic mass is 16.5. The van der Waals surface area contributed by atoms with Gasteiger partial charge in [-0.25, -0.2) is 9.78 Å². The Bertz CT molecular complexity index is 1100. The van der Waals surface area contributed by atoms with Crippen molar-refractivity contribution in [1.29, 1.82) is 0 Å². The van der Waals surface area contributed by atoms with Gasteiger partial charge < -0.3 is 15.8 Å². The van der Waals surface area contributed by atoms with Gasteiger partial charge in [0.1, 0.15) is 18.1 Å². The lowest BCUT2D eigenvalue weighted by atomic mass is 9.98. The molecule has 2 aromatic carbocycles. The lowest BCUT2D eigenvalue weighted by Crippen LogP contribution is -2.26. The maximum Gasteiger partial charge on any atom is 0.407 e. The fourth-order valence-corrected chi connectivity index (χ4v) is 3.69. The minimum Gasteiger partial charge on any atom is -0.449 e. The Morgan fingerprint density at radius 3 is 2.43 bits per heavy atom. The molecule has 1 amide bonds. The van der Waals surface area contributed by atoms with Crippen LogP contribution in [0.5, 0.6) is 0 Å². The van der Waals surface area contributed by atoms with Crippen LogP contribution in [0, 0.1) is 18.8 Å². The van der Waals surface area contributed by atoms with Gasteiger partial charge in [-0.05, 0) is 46.7 Å². The lowest BCUT2D eigenvalue weighted by Gasteiger charge is -2.14. The van der Waals surface area contributed by atoms with Gasteiger partial charge in [-0.1, -0.05) is 60.5 Å². The Morgan fingerprint density at radius 2 is 1.73 bits per heavy atom. The van der Waals surface area contributed by atoms with E-state index in [4.69, 9.17) is 10.5 Å². The molecule has 5 nitrogen and oxygen atoms in total. The maximum atomic E-state index is 12.1. The number of amides is 1. The Kier molecular flexibility index (Phi) is 5.67. The number of hydrogen-bond acceptors (Lipinski definition) is 4. The Morgan fingerprint density at radius 1 is 1.07 bits per heavy atom. The second kappa shape index (κ2) is 8.71. The minimum atomic E-state index is -0.433. The fraction of sp³-hybridized carbons (Fsp3) is 0.200. The van der Waals surface area contributed by atoms with Crippen molar-refractivity contribution in [2.75, 3.05) is 18.9 Å². The summed E-state index contributed by atoms with van der Waals surface area (Å²) in [6, 6.07) is 20.2. The maximum absolute atomic E-state index is 12.1. The molecule has 0 spiro atoms. The molecule has 4 rings (SSSR count). The molecule has 0 aliphatic heterocycles. The van der Waals surface area contributed by atoms with Crippen molar-refractivity contribution in [1.82, 2.24) is 10.3 Å². The van der Waals surface area contributed by atoms with Crippen LogP contribution in [0.3, 0.4) is 0 Å². The summed E-state index contributed by atoms with van der Waals surface area (Å²) in [5.41, 5.74) is 12.1. The highest BCUT2D eigenvalue weighted by molar-refractivity contribution is 5.79. The first-order valence-corrected chi connectivity index (χ1v) is 9.94. The van der Waals surface area contributed by atoms with Crippen molar-refractivity contribution < 1.29 is 9.53 Å². The number of hydrogen-bond donors (Lipinski definition) is 2. The first-order valence-electron chi connectivity index (χ1n) is 9.94. The summed E-state index contributed by atoms with van der Waals surface area (Å²) < 4.78 is 5.51. The highest BCUT2D eigenvalue weighted by Gasteiger charge is 2.28. The van der Waals surface area contributed by atoms with Gasteiger partial charge in [0.25, 0.3) is 0 Å². The number of nitrogens with zero attached hydrogens (tertiary/aromatic N) is 1. The summed E-state index contributed by atoms with van der Waals surface area (Å²) in [5, 5.41) is 2.76. The van der Waals surface area contributed by atoms with E-state index in [1.54, 1.807) is 6.07 Å². The summed E-state index contributed by atoms with van der Waals surface area (Å²) >= 11 is 0. The molecule has 0 saturated heterocycles. The van der Waals surface area contributed by atoms with E-state index in [1.165, 1.54) is 22.3 Å². The summed E-state index contributed by atoms with van der Waals surface area (Å²) in [6.07, 6.45) is 0.0667. The summed E-state index contributed by atoms with van der Waals surface area (Å²) in [6.45, 7) is 2.65. The van der Waals surface area contributed by atoms with E-state index in [-0.39, 0.29) is 5.92 Å². The SMILES string of the molecule is Cc1ccc(N)nc1C#CCCNC(=O)OCC1c2ccccc2-c2ccccc21. The van der Waals surface area contributed by atoms with Crippen molar-refractivity contribution in [2.45, 2.75) is 19.3 Å². The number of fused-ring (bicyclic) bond motifs is 3. The van der Waals surface area contributed by atoms with Crippen LogP contribution in [-0.4, -0.2) is 24.2 Å². The normalized spacial score (nSPS) is 11.8. The van der Waals surface area contributed by atoms with E-state index in [1.807, 2.05) is 37.3 Å². The third-order valence-electron chi connectivity index (χ3n) is 5.19. The van der Waals surface area contributed by atoms with Gasteiger partial charge in [-0.3, -0.25) is 0 Å². The predicted molar refractivity (Wildman–Crippen MR) is 118 cm³/mol. The number of rotatable bonds is 4. The van der Waals surface area contributed by atoms with Crippen molar-refractivity contribution in [2.24, 2.45) is 0 Å². The first-order chi connectivity index (χ1) is 14.6. The third-order valence-corrected chi connectivity index (χ3v) is 5.19. The average Bonchev–Trinajstić information content (AvgIpc) is 3.08. The molecule has 5 heteroatoms. The smallest absolute Gasteiger partial charge is 0.407 e. The zero-order valence-corrected chi connectivity index (χ0v) is 16.8. The molecular weight excluding hydrogens is 374 g/mol. The molecule has 150 valence electrons. The molecule has 1 aliphatic rings. The minimum absolute atomic E-state index is 0.0560. The van der Waals surface area contributed by atoms with E-state index in [9.17, 15) is 4.79 Å². The monoisotopic (exact) mass is 397 g/mol. The number of ether oxygens (including phenoxy) is 1. The van der Waals surface area contributed by atoms with E-state index in [2.05, 4.69) is 46.4 Å². The molecule has 0 saturated carbocycles. The fourth-order valence-electron chi connectivity index (χ4n) is 3.69. The zero-order chi connectivity index (χ0) is 20.9. The number of alkyl carbamates (subject to hydrolysis) is 1. The van der Waals surface area contributed by atoms with E-state index >= 15 is 0 Å². The van der Waals surface area contributed by atoms with Crippen LogP contribution in [0.15, 0.2) is 60.7 Å². The molecule has 0 bridgehead atoms. The zero-order valence-electron chi connectivity index (χ0n) is 16.8. The quantitative estimate of drug-likeness (QED) is 0.510. The van der Waals surface area contributed by atoms with E-state index < -0.39 is 6.09 Å². The molecule has 1 heterocycles. The van der Waals surface area contributed by atoms with Gasteiger partial charge in [0.15, 0.2) is 0 Å². The van der Waals surface area contributed by atoms with Crippen molar-refractivity contribution >= 4 is 11.9 Å². The van der Waals surface area contributed by atoms with Gasteiger partial charge in [-0.15, -0.1) is 0 Å². The second-order valence-corrected chi connectivity index (χ2v) is 7.21. The third kappa shape index (κ3) is 4.13. The number of aromatic nitrogens is 1. The standard InChI is InChI=1S/C25H23N3O2/c1-17-13-14-24(26)28-23(17)12-6-7-15-27-25(29)30-16-22-20-10-4-2-8-18(20)19-9-3-5-11-21(19)22/h2-5,8-11,13-14,22H,7,15-16H2,1H3,(H2,26,28)(H,27,29). The molecule has 0 atom stereocenters. The molecule has 0 radical (unpaired) electrons. The largest absolute Gasteiger partial charge is 0.449 e. The highest BCUT2D eigenvalue weighted by Crippen LogP contribution is 2.44. The van der Waals surface area contributed by atoms with Crippen molar-refractivity contribution in [3.8, 4) is 23.0 Å². The number of carbonyl (C=O) groups is 1. The molecule has 30 heavy (non-hydrogen) atoms. The number of pyridine rings is 1. The molecule has 3 N–H and O–H groups in total. The number of carbonyl (C=O) groups excluding carboxylic acids is 1.